The van der Waals surface area contributed by atoms with Gasteiger partial charge >= 0.3 is 5.97 Å². The Hall–Kier alpha value is -1.64. The number of ether oxygens (including phenoxy) is 1. The smallest absolute Gasteiger partial charge is 0.330 e. The predicted molar refractivity (Wildman–Crippen MR) is 51.4 cm³/mol. The van der Waals surface area contributed by atoms with Crippen LogP contribution >= 0.6 is 0 Å². The molecule has 15 heavy (non-hydrogen) atoms. The van der Waals surface area contributed by atoms with Gasteiger partial charge in [0.25, 0.3) is 0 Å². The molecule has 0 aromatic carbocycles. The molecule has 80 valence electrons. The lowest BCUT2D eigenvalue weighted by Gasteiger charge is -2.22. The van der Waals surface area contributed by atoms with Gasteiger partial charge in [0.05, 0.1) is 19.8 Å². The van der Waals surface area contributed by atoms with Crippen LogP contribution in [0.5, 0.6) is 0 Å². The lowest BCUT2D eigenvalue weighted by Crippen LogP contribution is -2.35. The highest BCUT2D eigenvalue weighted by Crippen LogP contribution is 2.31. The third-order valence-electron chi connectivity index (χ3n) is 2.18. The van der Waals surface area contributed by atoms with E-state index >= 15 is 0 Å². The fourth-order valence-electron chi connectivity index (χ4n) is 1.29. The summed E-state index contributed by atoms with van der Waals surface area (Å²) in [6.07, 6.45) is 2.30. The van der Waals surface area contributed by atoms with Crippen molar-refractivity contribution in [2.45, 2.75) is 18.1 Å². The van der Waals surface area contributed by atoms with E-state index in [2.05, 4.69) is 9.58 Å². The van der Waals surface area contributed by atoms with Crippen molar-refractivity contribution in [2.75, 3.05) is 7.11 Å². The van der Waals surface area contributed by atoms with Gasteiger partial charge in [0.1, 0.15) is 5.60 Å². The van der Waals surface area contributed by atoms with Crippen molar-refractivity contribution < 1.29 is 19.7 Å². The Bertz CT molecular complexity index is 366. The standard InChI is InChI=1S/C10H11NO4/c1-11-7-5-8(12)10(14,6-7)4-3-9(13)15-2/h3-5,8,12,14H,6H2,2H3/b4-3+. The number of carbonyl (C=O) groups excluding carboxylic acids is 1. The molecule has 0 bridgehead atoms. The number of carbonyl (C=O) groups is 1. The molecular weight excluding hydrogens is 198 g/mol. The number of rotatable bonds is 2. The Morgan fingerprint density at radius 1 is 1.87 bits per heavy atom. The molecule has 1 aliphatic rings. The topological polar surface area (TPSA) is 71.1 Å². The molecule has 0 saturated carbocycles. The summed E-state index contributed by atoms with van der Waals surface area (Å²) in [5.41, 5.74) is -1.30. The van der Waals surface area contributed by atoms with Crippen LogP contribution in [0.25, 0.3) is 4.85 Å². The average molecular weight is 209 g/mol. The summed E-state index contributed by atoms with van der Waals surface area (Å²) >= 11 is 0. The van der Waals surface area contributed by atoms with Crippen molar-refractivity contribution in [1.29, 1.82) is 0 Å². The summed E-state index contributed by atoms with van der Waals surface area (Å²) in [6, 6.07) is 0. The molecule has 1 aliphatic carbocycles. The van der Waals surface area contributed by atoms with Crippen molar-refractivity contribution >= 4 is 5.97 Å². The summed E-state index contributed by atoms with van der Waals surface area (Å²) in [5.74, 6) is -0.619. The quantitative estimate of drug-likeness (QED) is 0.382. The van der Waals surface area contributed by atoms with Crippen LogP contribution in [0, 0.1) is 6.57 Å². The normalized spacial score (nSPS) is 30.0. The summed E-state index contributed by atoms with van der Waals surface area (Å²) in [6.45, 7) is 6.74. The van der Waals surface area contributed by atoms with Crippen LogP contribution in [0.3, 0.4) is 0 Å². The largest absolute Gasteiger partial charge is 0.466 e. The minimum absolute atomic E-state index is 0.00512. The Labute approximate surface area is 87.1 Å². The first-order valence-corrected chi connectivity index (χ1v) is 4.27. The lowest BCUT2D eigenvalue weighted by molar-refractivity contribution is -0.135. The first-order chi connectivity index (χ1) is 7.01. The predicted octanol–water partition coefficient (Wildman–Crippen LogP) is 0.0145. The average Bonchev–Trinajstić information content (AvgIpc) is 2.52. The van der Waals surface area contributed by atoms with Crippen LogP contribution in [0.15, 0.2) is 23.9 Å². The van der Waals surface area contributed by atoms with Gasteiger partial charge < -0.3 is 14.9 Å². The zero-order valence-electron chi connectivity index (χ0n) is 8.17. The van der Waals surface area contributed by atoms with Crippen LogP contribution in [0.4, 0.5) is 0 Å². The van der Waals surface area contributed by atoms with Gasteiger partial charge in [0.2, 0.25) is 0 Å². The first kappa shape index (κ1) is 11.4. The summed E-state index contributed by atoms with van der Waals surface area (Å²) in [7, 11) is 1.21. The second kappa shape index (κ2) is 4.26. The number of methoxy groups -OCH3 is 1. The highest BCUT2D eigenvalue weighted by molar-refractivity contribution is 5.82. The number of esters is 1. The Morgan fingerprint density at radius 3 is 3.00 bits per heavy atom. The number of nitrogens with zero attached hydrogens (tertiary/aromatic N) is 1. The Kier molecular flexibility index (Phi) is 3.24. The molecule has 0 aromatic heterocycles. The zero-order chi connectivity index (χ0) is 11.5. The fraction of sp³-hybridized carbons (Fsp3) is 0.400. The highest BCUT2D eigenvalue weighted by atomic mass is 16.5. The van der Waals surface area contributed by atoms with E-state index in [9.17, 15) is 15.0 Å². The van der Waals surface area contributed by atoms with Gasteiger partial charge in [-0.15, -0.1) is 0 Å². The molecule has 0 radical (unpaired) electrons. The summed E-state index contributed by atoms with van der Waals surface area (Å²) < 4.78 is 4.35. The molecule has 1 rings (SSSR count). The van der Waals surface area contributed by atoms with E-state index in [1.165, 1.54) is 13.2 Å². The van der Waals surface area contributed by atoms with Gasteiger partial charge in [-0.1, -0.05) is 6.08 Å². The van der Waals surface area contributed by atoms with Gasteiger partial charge in [0, 0.05) is 12.5 Å². The number of hydrogen-bond donors (Lipinski definition) is 2. The third kappa shape index (κ3) is 2.43. The molecule has 0 fully saturated rings. The van der Waals surface area contributed by atoms with E-state index in [4.69, 9.17) is 6.57 Å². The maximum absolute atomic E-state index is 10.8. The molecule has 5 heteroatoms. The molecule has 0 saturated heterocycles. The van der Waals surface area contributed by atoms with Crippen LogP contribution in [-0.2, 0) is 9.53 Å². The van der Waals surface area contributed by atoms with Crippen LogP contribution in [0.1, 0.15) is 6.42 Å². The maximum Gasteiger partial charge on any atom is 0.330 e. The molecule has 2 unspecified atom stereocenters. The van der Waals surface area contributed by atoms with Gasteiger partial charge in [-0.2, -0.15) is 0 Å². The van der Waals surface area contributed by atoms with Crippen molar-refractivity contribution in [3.05, 3.63) is 35.3 Å². The molecule has 0 heterocycles. The van der Waals surface area contributed by atoms with Gasteiger partial charge in [0.15, 0.2) is 5.70 Å². The van der Waals surface area contributed by atoms with Crippen molar-refractivity contribution in [3.8, 4) is 0 Å². The fourth-order valence-corrected chi connectivity index (χ4v) is 1.29. The zero-order valence-corrected chi connectivity index (χ0v) is 8.17. The molecule has 0 aliphatic heterocycles. The van der Waals surface area contributed by atoms with E-state index < -0.39 is 17.7 Å². The van der Waals surface area contributed by atoms with E-state index in [0.717, 1.165) is 12.2 Å². The molecule has 0 aromatic rings. The minimum Gasteiger partial charge on any atom is -0.466 e. The monoisotopic (exact) mass is 209 g/mol. The van der Waals surface area contributed by atoms with Gasteiger partial charge in [-0.3, -0.25) is 0 Å². The summed E-state index contributed by atoms with van der Waals surface area (Å²) in [5, 5.41) is 19.3. The lowest BCUT2D eigenvalue weighted by atomic mass is 9.98. The van der Waals surface area contributed by atoms with E-state index in [0.29, 0.717) is 0 Å². The second-order valence-corrected chi connectivity index (χ2v) is 3.24. The molecule has 5 nitrogen and oxygen atoms in total. The van der Waals surface area contributed by atoms with Crippen molar-refractivity contribution in [2.24, 2.45) is 0 Å². The molecule has 0 amide bonds. The highest BCUT2D eigenvalue weighted by Gasteiger charge is 2.38. The van der Waals surface area contributed by atoms with Crippen molar-refractivity contribution in [3.63, 3.8) is 0 Å². The minimum atomic E-state index is -1.58. The Balaban J connectivity index is 2.76. The number of aliphatic hydroxyl groups excluding tert-OH is 1. The number of aliphatic hydroxyl groups is 2. The van der Waals surface area contributed by atoms with Gasteiger partial charge in [-0.05, 0) is 6.08 Å². The molecule has 0 spiro atoms. The number of hydrogen-bond acceptors (Lipinski definition) is 4. The van der Waals surface area contributed by atoms with Gasteiger partial charge in [-0.25, -0.2) is 9.64 Å². The molecular formula is C10H11NO4. The summed E-state index contributed by atoms with van der Waals surface area (Å²) in [4.78, 5) is 13.9. The third-order valence-corrected chi connectivity index (χ3v) is 2.18. The maximum atomic E-state index is 10.8. The van der Waals surface area contributed by atoms with Crippen LogP contribution < -0.4 is 0 Å². The second-order valence-electron chi connectivity index (χ2n) is 3.24. The first-order valence-electron chi connectivity index (χ1n) is 4.27. The van der Waals surface area contributed by atoms with E-state index in [1.807, 2.05) is 0 Å². The SMILES string of the molecule is [C-]#[N+]C1=CC(O)C(O)(/C=C/C(=O)OC)C1. The molecule has 2 atom stereocenters. The van der Waals surface area contributed by atoms with E-state index in [-0.39, 0.29) is 12.1 Å². The molecule has 2 N–H and O–H groups in total. The Morgan fingerprint density at radius 2 is 2.53 bits per heavy atom. The van der Waals surface area contributed by atoms with E-state index in [1.54, 1.807) is 0 Å². The van der Waals surface area contributed by atoms with Crippen LogP contribution in [0.2, 0.25) is 0 Å². The van der Waals surface area contributed by atoms with Crippen LogP contribution in [-0.4, -0.2) is 35.0 Å². The van der Waals surface area contributed by atoms with Crippen molar-refractivity contribution in [1.82, 2.24) is 0 Å².